The molecular weight excluding hydrogens is 238 g/mol. The van der Waals surface area contributed by atoms with E-state index in [1.54, 1.807) is 0 Å². The van der Waals surface area contributed by atoms with E-state index in [0.717, 1.165) is 25.2 Å². The van der Waals surface area contributed by atoms with Gasteiger partial charge in [0.2, 0.25) is 0 Å². The molecule has 0 aliphatic rings. The van der Waals surface area contributed by atoms with E-state index in [1.165, 1.54) is 31.3 Å². The number of unbranched alkanes of at least 4 members (excludes halogenated alkanes) is 1. The van der Waals surface area contributed by atoms with Gasteiger partial charge in [-0.2, -0.15) is 0 Å². The van der Waals surface area contributed by atoms with Crippen LogP contribution in [0.1, 0.15) is 32.3 Å². The molecule has 0 amide bonds. The fourth-order valence-corrected chi connectivity index (χ4v) is 2.06. The highest BCUT2D eigenvalue weighted by Gasteiger charge is 1.99. The lowest BCUT2D eigenvalue weighted by molar-refractivity contribution is 0.240. The summed E-state index contributed by atoms with van der Waals surface area (Å²) in [7, 11) is 0. The lowest BCUT2D eigenvalue weighted by Crippen LogP contribution is -2.23. The maximum Gasteiger partial charge on any atom is 0.113 e. The summed E-state index contributed by atoms with van der Waals surface area (Å²) < 4.78 is 0. The summed E-state index contributed by atoms with van der Waals surface area (Å²) in [4.78, 5) is 6.47. The van der Waals surface area contributed by atoms with Gasteiger partial charge in [-0.15, -0.1) is 0 Å². The van der Waals surface area contributed by atoms with Crippen molar-refractivity contribution in [3.63, 3.8) is 0 Å². The van der Waals surface area contributed by atoms with E-state index in [9.17, 15) is 0 Å². The Hall–Kier alpha value is -1.39. The molecule has 0 fully saturated rings. The highest BCUT2D eigenvalue weighted by atomic mass is 16.5. The van der Waals surface area contributed by atoms with Crippen molar-refractivity contribution in [2.45, 2.75) is 33.1 Å². The van der Waals surface area contributed by atoms with E-state index in [-0.39, 0.29) is 0 Å². The second-order valence-electron chi connectivity index (χ2n) is 4.54. The first-order valence-electron chi connectivity index (χ1n) is 7.03. The van der Waals surface area contributed by atoms with Crippen molar-refractivity contribution < 1.29 is 5.21 Å². The Labute approximate surface area is 116 Å². The van der Waals surface area contributed by atoms with Gasteiger partial charge < -0.3 is 4.90 Å². The van der Waals surface area contributed by atoms with Crippen molar-refractivity contribution in [2.24, 2.45) is 4.99 Å². The van der Waals surface area contributed by atoms with E-state index in [4.69, 9.17) is 5.21 Å². The highest BCUT2D eigenvalue weighted by molar-refractivity contribution is 5.59. The van der Waals surface area contributed by atoms with Crippen molar-refractivity contribution in [2.75, 3.05) is 19.6 Å². The molecule has 2 N–H and O–H groups in total. The second-order valence-corrected chi connectivity index (χ2v) is 4.54. The molecule has 0 spiro atoms. The smallest absolute Gasteiger partial charge is 0.113 e. The third-order valence-electron chi connectivity index (χ3n) is 3.29. The van der Waals surface area contributed by atoms with Crippen LogP contribution in [0.3, 0.4) is 0 Å². The number of rotatable bonds is 9. The predicted octanol–water partition coefficient (Wildman–Crippen LogP) is 2.99. The summed E-state index contributed by atoms with van der Waals surface area (Å²) in [6.45, 7) is 7.90. The molecule has 1 aromatic carbocycles. The Balaban J connectivity index is 2.28. The summed E-state index contributed by atoms with van der Waals surface area (Å²) in [5.74, 6) is 0. The fraction of sp³-hybridized carbons (Fsp3) is 0.533. The van der Waals surface area contributed by atoms with Gasteiger partial charge in [0, 0.05) is 0 Å². The van der Waals surface area contributed by atoms with E-state index in [1.807, 2.05) is 17.6 Å². The first-order chi connectivity index (χ1) is 9.30. The number of hydrogen-bond donors (Lipinski definition) is 2. The zero-order chi connectivity index (χ0) is 13.9. The molecule has 0 atom stereocenters. The average molecular weight is 263 g/mol. The van der Waals surface area contributed by atoms with Crippen molar-refractivity contribution in [1.82, 2.24) is 10.4 Å². The molecular formula is C15H25N3O. The van der Waals surface area contributed by atoms with Crippen LogP contribution >= 0.6 is 0 Å². The fourth-order valence-electron chi connectivity index (χ4n) is 2.06. The van der Waals surface area contributed by atoms with Gasteiger partial charge in [0.1, 0.15) is 6.34 Å². The summed E-state index contributed by atoms with van der Waals surface area (Å²) in [5.41, 5.74) is 4.08. The SMILES string of the molecule is CCN(CC)CCCCc1ccc(N=CNO)cc1. The zero-order valence-corrected chi connectivity index (χ0v) is 12.0. The van der Waals surface area contributed by atoms with E-state index in [2.05, 4.69) is 35.9 Å². The Bertz CT molecular complexity index is 358. The Morgan fingerprint density at radius 1 is 1.16 bits per heavy atom. The zero-order valence-electron chi connectivity index (χ0n) is 12.0. The number of aryl methyl sites for hydroxylation is 1. The van der Waals surface area contributed by atoms with Gasteiger partial charge in [-0.1, -0.05) is 26.0 Å². The molecule has 1 aromatic rings. The van der Waals surface area contributed by atoms with Crippen molar-refractivity contribution in [1.29, 1.82) is 0 Å². The van der Waals surface area contributed by atoms with Gasteiger partial charge in [-0.25, -0.2) is 4.99 Å². The minimum Gasteiger partial charge on any atom is -0.304 e. The Kier molecular flexibility index (Phi) is 7.86. The second kappa shape index (κ2) is 9.53. The normalized spacial score (nSPS) is 11.4. The maximum absolute atomic E-state index is 8.41. The van der Waals surface area contributed by atoms with E-state index >= 15 is 0 Å². The number of aliphatic imine (C=N–C) groups is 1. The molecule has 106 valence electrons. The largest absolute Gasteiger partial charge is 0.304 e. The predicted molar refractivity (Wildman–Crippen MR) is 80.2 cm³/mol. The van der Waals surface area contributed by atoms with Crippen LogP contribution in [-0.2, 0) is 6.42 Å². The Morgan fingerprint density at radius 2 is 1.84 bits per heavy atom. The number of hydroxylamine groups is 1. The molecule has 0 aliphatic carbocycles. The molecule has 4 heteroatoms. The topological polar surface area (TPSA) is 47.9 Å². The lowest BCUT2D eigenvalue weighted by atomic mass is 10.1. The van der Waals surface area contributed by atoms with Crippen LogP contribution in [-0.4, -0.2) is 36.1 Å². The van der Waals surface area contributed by atoms with Crippen LogP contribution in [0.2, 0.25) is 0 Å². The maximum atomic E-state index is 8.41. The summed E-state index contributed by atoms with van der Waals surface area (Å²) >= 11 is 0. The van der Waals surface area contributed by atoms with Gasteiger partial charge in [0.25, 0.3) is 0 Å². The highest BCUT2D eigenvalue weighted by Crippen LogP contribution is 2.14. The summed E-state index contributed by atoms with van der Waals surface area (Å²) in [6, 6.07) is 8.13. The minimum absolute atomic E-state index is 0.841. The molecule has 0 saturated heterocycles. The molecule has 1 rings (SSSR count). The summed E-state index contributed by atoms with van der Waals surface area (Å²) in [5, 5.41) is 8.41. The molecule has 19 heavy (non-hydrogen) atoms. The standard InChI is InChI=1S/C15H25N3O/c1-3-18(4-2)12-6-5-7-14-8-10-15(11-9-14)16-13-17-19/h8-11,13,19H,3-7,12H2,1-2H3,(H,16,17). The third kappa shape index (κ3) is 6.36. The molecule has 4 nitrogen and oxygen atoms in total. The Morgan fingerprint density at radius 3 is 2.42 bits per heavy atom. The molecule has 0 bridgehead atoms. The van der Waals surface area contributed by atoms with Crippen LogP contribution in [0.4, 0.5) is 5.69 Å². The van der Waals surface area contributed by atoms with Crippen LogP contribution in [0.25, 0.3) is 0 Å². The molecule has 0 radical (unpaired) electrons. The van der Waals surface area contributed by atoms with Gasteiger partial charge in [-0.3, -0.25) is 10.7 Å². The van der Waals surface area contributed by atoms with Crippen LogP contribution < -0.4 is 5.48 Å². The van der Waals surface area contributed by atoms with Crippen molar-refractivity contribution >= 4 is 12.0 Å². The van der Waals surface area contributed by atoms with E-state index in [0.29, 0.717) is 0 Å². The molecule has 0 aromatic heterocycles. The van der Waals surface area contributed by atoms with Gasteiger partial charge >= 0.3 is 0 Å². The first-order valence-corrected chi connectivity index (χ1v) is 7.03. The van der Waals surface area contributed by atoms with Crippen molar-refractivity contribution in [3.05, 3.63) is 29.8 Å². The average Bonchev–Trinajstić information content (AvgIpc) is 2.46. The number of hydrogen-bond acceptors (Lipinski definition) is 3. The molecule has 0 heterocycles. The third-order valence-corrected chi connectivity index (χ3v) is 3.29. The van der Waals surface area contributed by atoms with Crippen molar-refractivity contribution in [3.8, 4) is 0 Å². The monoisotopic (exact) mass is 263 g/mol. The van der Waals surface area contributed by atoms with Gasteiger partial charge in [0.05, 0.1) is 5.69 Å². The molecule has 0 saturated carbocycles. The minimum atomic E-state index is 0.841. The number of nitrogens with one attached hydrogen (secondary N) is 1. The molecule has 0 aliphatic heterocycles. The molecule has 0 unspecified atom stereocenters. The lowest BCUT2D eigenvalue weighted by Gasteiger charge is -2.17. The van der Waals surface area contributed by atoms with E-state index < -0.39 is 0 Å². The van der Waals surface area contributed by atoms with Crippen LogP contribution in [0.5, 0.6) is 0 Å². The van der Waals surface area contributed by atoms with Gasteiger partial charge in [-0.05, 0) is 56.6 Å². The number of nitrogens with zero attached hydrogens (tertiary/aromatic N) is 2. The van der Waals surface area contributed by atoms with Gasteiger partial charge in [0.15, 0.2) is 0 Å². The first kappa shape index (κ1) is 15.7. The summed E-state index contributed by atoms with van der Waals surface area (Å²) in [6.07, 6.45) is 4.84. The number of benzene rings is 1. The van der Waals surface area contributed by atoms with Crippen LogP contribution in [0, 0.1) is 0 Å². The van der Waals surface area contributed by atoms with Crippen LogP contribution in [0.15, 0.2) is 29.3 Å². The quantitative estimate of drug-likeness (QED) is 0.312.